The fourth-order valence-electron chi connectivity index (χ4n) is 2.08. The van der Waals surface area contributed by atoms with E-state index in [-0.39, 0.29) is 12.3 Å². The van der Waals surface area contributed by atoms with Gasteiger partial charge in [0, 0.05) is 19.5 Å². The number of halogens is 3. The number of hydrogen-bond acceptors (Lipinski definition) is 2. The number of carboxylic acid groups (broad SMARTS) is 1. The van der Waals surface area contributed by atoms with Crippen molar-refractivity contribution in [1.29, 1.82) is 0 Å². The van der Waals surface area contributed by atoms with Crippen LogP contribution in [0.3, 0.4) is 0 Å². The number of carbonyl (C=O) groups is 2. The average Bonchev–Trinajstić information content (AvgIpc) is 2.24. The Balaban J connectivity index is 2.30. The number of alkyl halides is 3. The van der Waals surface area contributed by atoms with Crippen molar-refractivity contribution in [3.63, 3.8) is 0 Å². The quantitative estimate of drug-likeness (QED) is 0.848. The molecule has 0 aromatic rings. The Morgan fingerprint density at radius 2 is 1.78 bits per heavy atom. The van der Waals surface area contributed by atoms with Crippen molar-refractivity contribution in [3.05, 3.63) is 0 Å². The Morgan fingerprint density at radius 1 is 1.22 bits per heavy atom. The Hall–Kier alpha value is -1.27. The van der Waals surface area contributed by atoms with Crippen molar-refractivity contribution in [2.24, 2.45) is 5.92 Å². The van der Waals surface area contributed by atoms with E-state index in [4.69, 9.17) is 5.11 Å². The summed E-state index contributed by atoms with van der Waals surface area (Å²) < 4.78 is 36.1. The predicted molar refractivity (Wildman–Crippen MR) is 56.8 cm³/mol. The number of carboxylic acids is 1. The largest absolute Gasteiger partial charge is 0.481 e. The number of nitrogens with zero attached hydrogens (tertiary/aromatic N) is 1. The summed E-state index contributed by atoms with van der Waals surface area (Å²) in [6, 6.07) is 0. The van der Waals surface area contributed by atoms with E-state index in [1.54, 1.807) is 0 Å². The summed E-state index contributed by atoms with van der Waals surface area (Å²) in [6.45, 7) is 0.582. The monoisotopic (exact) mass is 267 g/mol. The number of likely N-dealkylation sites (tertiary alicyclic amines) is 1. The first-order valence-electron chi connectivity index (χ1n) is 5.84. The van der Waals surface area contributed by atoms with E-state index in [0.717, 1.165) is 0 Å². The van der Waals surface area contributed by atoms with Gasteiger partial charge in [-0.1, -0.05) is 0 Å². The molecule has 0 saturated carbocycles. The minimum absolute atomic E-state index is 0.0706. The smallest absolute Gasteiger partial charge is 0.397 e. The molecule has 1 amide bonds. The summed E-state index contributed by atoms with van der Waals surface area (Å²) in [5.41, 5.74) is 0. The van der Waals surface area contributed by atoms with Crippen LogP contribution in [-0.4, -0.2) is 41.1 Å². The molecule has 0 bridgehead atoms. The van der Waals surface area contributed by atoms with Crippen LogP contribution in [-0.2, 0) is 9.59 Å². The zero-order chi connectivity index (χ0) is 13.8. The lowest BCUT2D eigenvalue weighted by Crippen LogP contribution is -2.40. The molecule has 0 spiro atoms. The number of aliphatic carboxylic acids is 1. The van der Waals surface area contributed by atoms with Crippen molar-refractivity contribution in [2.45, 2.75) is 38.3 Å². The third kappa shape index (κ3) is 5.37. The second kappa shape index (κ2) is 6.06. The van der Waals surface area contributed by atoms with Crippen LogP contribution in [0.4, 0.5) is 13.2 Å². The van der Waals surface area contributed by atoms with E-state index >= 15 is 0 Å². The molecular formula is C11H16F3NO3. The molecule has 1 fully saturated rings. The van der Waals surface area contributed by atoms with Crippen molar-refractivity contribution >= 4 is 11.9 Å². The Labute approximate surface area is 103 Å². The molecule has 18 heavy (non-hydrogen) atoms. The van der Waals surface area contributed by atoms with Crippen LogP contribution < -0.4 is 0 Å². The summed E-state index contributed by atoms with van der Waals surface area (Å²) in [4.78, 5) is 22.9. The van der Waals surface area contributed by atoms with Crippen molar-refractivity contribution in [3.8, 4) is 0 Å². The minimum Gasteiger partial charge on any atom is -0.481 e. The summed E-state index contributed by atoms with van der Waals surface area (Å²) in [7, 11) is 0. The predicted octanol–water partition coefficient (Wildman–Crippen LogP) is 2.04. The van der Waals surface area contributed by atoms with Gasteiger partial charge in [-0.3, -0.25) is 9.59 Å². The fourth-order valence-corrected chi connectivity index (χ4v) is 2.08. The molecular weight excluding hydrogens is 251 g/mol. The van der Waals surface area contributed by atoms with Gasteiger partial charge in [0.15, 0.2) is 0 Å². The Bertz CT molecular complexity index is 309. The van der Waals surface area contributed by atoms with Gasteiger partial charge >= 0.3 is 12.1 Å². The molecule has 7 heteroatoms. The number of rotatable bonds is 4. The number of piperidine rings is 1. The Morgan fingerprint density at radius 3 is 2.22 bits per heavy atom. The third-order valence-corrected chi connectivity index (χ3v) is 3.09. The third-order valence-electron chi connectivity index (χ3n) is 3.09. The van der Waals surface area contributed by atoms with Crippen molar-refractivity contribution < 1.29 is 27.9 Å². The molecule has 0 atom stereocenters. The van der Waals surface area contributed by atoms with Gasteiger partial charge in [0.2, 0.25) is 5.91 Å². The highest BCUT2D eigenvalue weighted by Gasteiger charge is 2.34. The lowest BCUT2D eigenvalue weighted by Gasteiger charge is -2.32. The van der Waals surface area contributed by atoms with Gasteiger partial charge in [-0.2, -0.15) is 13.2 Å². The van der Waals surface area contributed by atoms with Gasteiger partial charge in [0.25, 0.3) is 0 Å². The van der Waals surface area contributed by atoms with E-state index in [0.29, 0.717) is 32.4 Å². The van der Waals surface area contributed by atoms with E-state index in [1.165, 1.54) is 4.90 Å². The van der Waals surface area contributed by atoms with Gasteiger partial charge in [-0.25, -0.2) is 0 Å². The highest BCUT2D eigenvalue weighted by molar-refractivity contribution is 5.76. The number of amides is 1. The van der Waals surface area contributed by atoms with E-state index in [2.05, 4.69) is 0 Å². The molecule has 0 unspecified atom stereocenters. The first-order valence-corrected chi connectivity index (χ1v) is 5.84. The molecule has 0 aromatic heterocycles. The Kier molecular flexibility index (Phi) is 4.98. The van der Waals surface area contributed by atoms with E-state index in [9.17, 15) is 22.8 Å². The van der Waals surface area contributed by atoms with Crippen LogP contribution in [0.25, 0.3) is 0 Å². The zero-order valence-corrected chi connectivity index (χ0v) is 9.87. The number of hydrogen-bond donors (Lipinski definition) is 1. The van der Waals surface area contributed by atoms with Gasteiger partial charge in [0.1, 0.15) is 6.42 Å². The van der Waals surface area contributed by atoms with Crippen LogP contribution >= 0.6 is 0 Å². The first-order chi connectivity index (χ1) is 8.28. The number of carbonyl (C=O) groups excluding carboxylic acids is 1. The van der Waals surface area contributed by atoms with Crippen LogP contribution in [0.2, 0.25) is 0 Å². The van der Waals surface area contributed by atoms with E-state index < -0.39 is 24.5 Å². The molecule has 1 aliphatic rings. The SMILES string of the molecule is O=C(O)CCC1CCN(C(=O)CC(F)(F)F)CC1. The van der Waals surface area contributed by atoms with Crippen molar-refractivity contribution in [2.75, 3.05) is 13.1 Å². The zero-order valence-electron chi connectivity index (χ0n) is 9.87. The summed E-state index contributed by atoms with van der Waals surface area (Å²) in [5, 5.41) is 8.52. The summed E-state index contributed by atoms with van der Waals surface area (Å²) in [6.07, 6.45) is -4.12. The molecule has 1 heterocycles. The summed E-state index contributed by atoms with van der Waals surface area (Å²) >= 11 is 0. The second-order valence-corrected chi connectivity index (χ2v) is 4.55. The maximum atomic E-state index is 12.0. The average molecular weight is 267 g/mol. The first kappa shape index (κ1) is 14.8. The van der Waals surface area contributed by atoms with Gasteiger partial charge < -0.3 is 10.0 Å². The van der Waals surface area contributed by atoms with Crippen molar-refractivity contribution in [1.82, 2.24) is 4.90 Å². The van der Waals surface area contributed by atoms with Crippen LogP contribution in [0.1, 0.15) is 32.1 Å². The maximum Gasteiger partial charge on any atom is 0.397 e. The molecule has 0 aliphatic carbocycles. The second-order valence-electron chi connectivity index (χ2n) is 4.55. The normalized spacial score (nSPS) is 17.8. The van der Waals surface area contributed by atoms with Gasteiger partial charge in [-0.15, -0.1) is 0 Å². The molecule has 104 valence electrons. The van der Waals surface area contributed by atoms with Gasteiger partial charge in [0.05, 0.1) is 0 Å². The summed E-state index contributed by atoms with van der Waals surface area (Å²) in [5.74, 6) is -1.57. The maximum absolute atomic E-state index is 12.0. The van der Waals surface area contributed by atoms with Gasteiger partial charge in [-0.05, 0) is 25.2 Å². The lowest BCUT2D eigenvalue weighted by molar-refractivity contribution is -0.162. The topological polar surface area (TPSA) is 57.6 Å². The lowest BCUT2D eigenvalue weighted by atomic mass is 9.92. The molecule has 4 nitrogen and oxygen atoms in total. The molecule has 1 saturated heterocycles. The van der Waals surface area contributed by atoms with E-state index in [1.807, 2.05) is 0 Å². The molecule has 0 radical (unpaired) electrons. The molecule has 1 aliphatic heterocycles. The van der Waals surface area contributed by atoms with Crippen LogP contribution in [0.15, 0.2) is 0 Å². The molecule has 1 rings (SSSR count). The standard InChI is InChI=1S/C11H16F3NO3/c12-11(13,14)7-9(16)15-5-3-8(4-6-15)1-2-10(17)18/h8H,1-7H2,(H,17,18). The highest BCUT2D eigenvalue weighted by Crippen LogP contribution is 2.25. The molecule has 1 N–H and O–H groups in total. The highest BCUT2D eigenvalue weighted by atomic mass is 19.4. The fraction of sp³-hybridized carbons (Fsp3) is 0.818. The minimum atomic E-state index is -4.46. The molecule has 0 aromatic carbocycles. The van der Waals surface area contributed by atoms with Crippen LogP contribution in [0.5, 0.6) is 0 Å². The van der Waals surface area contributed by atoms with Crippen LogP contribution in [0, 0.1) is 5.92 Å².